The Hall–Kier alpha value is -4.04. The summed E-state index contributed by atoms with van der Waals surface area (Å²) in [5.41, 5.74) is 6.72. The lowest BCUT2D eigenvalue weighted by molar-refractivity contribution is 0.652. The third-order valence-electron chi connectivity index (χ3n) is 7.81. The lowest BCUT2D eigenvalue weighted by Gasteiger charge is -2.47. The highest BCUT2D eigenvalue weighted by Crippen LogP contribution is 2.45. The molecule has 6 rings (SSSR count). The van der Waals surface area contributed by atoms with Gasteiger partial charge in [0.15, 0.2) is 10.00 Å². The molecule has 4 aromatic rings. The van der Waals surface area contributed by atoms with Gasteiger partial charge in [0.2, 0.25) is 0 Å². The van der Waals surface area contributed by atoms with Crippen molar-refractivity contribution >= 4 is 35.0 Å². The Balaban J connectivity index is 1.36. The predicted octanol–water partition coefficient (Wildman–Crippen LogP) is 10.5. The van der Waals surface area contributed by atoms with E-state index in [4.69, 9.17) is 23.2 Å². The minimum absolute atomic E-state index is 0.150. The molecule has 0 atom stereocenters. The number of hydrogen-bond donors (Lipinski definition) is 0. The van der Waals surface area contributed by atoms with Crippen LogP contribution in [0.4, 0.5) is 5.69 Å². The minimum Gasteiger partial charge on any atom is -0.320 e. The predicted molar refractivity (Wildman–Crippen MR) is 177 cm³/mol. The monoisotopic (exact) mass is 571 g/mol. The van der Waals surface area contributed by atoms with Crippen LogP contribution in [0.5, 0.6) is 0 Å². The first-order chi connectivity index (χ1) is 20.0. The van der Waals surface area contributed by atoms with Gasteiger partial charge in [0.1, 0.15) is 0 Å². The molecule has 0 aliphatic heterocycles. The molecule has 0 N–H and O–H groups in total. The third kappa shape index (κ3) is 5.61. The molecule has 202 valence electrons. The van der Waals surface area contributed by atoms with Crippen LogP contribution in [0.2, 0.25) is 0 Å². The van der Waals surface area contributed by atoms with E-state index in [2.05, 4.69) is 157 Å². The second-order valence-corrected chi connectivity index (χ2v) is 11.7. The first-order valence-electron chi connectivity index (χ1n) is 13.9. The number of benzene rings is 4. The average Bonchev–Trinajstić information content (AvgIpc) is 3.03. The van der Waals surface area contributed by atoms with E-state index in [1.807, 2.05) is 18.2 Å². The van der Waals surface area contributed by atoms with Gasteiger partial charge in [-0.3, -0.25) is 0 Å². The Kier molecular flexibility index (Phi) is 7.58. The van der Waals surface area contributed by atoms with Crippen LogP contribution in [0.25, 0.3) is 17.2 Å². The largest absolute Gasteiger partial charge is 0.320 e. The van der Waals surface area contributed by atoms with E-state index >= 15 is 0 Å². The normalized spacial score (nSPS) is 24.7. The summed E-state index contributed by atoms with van der Waals surface area (Å²) < 4.78 is 0. The molecule has 0 unspecified atom stereocenters. The van der Waals surface area contributed by atoms with Crippen molar-refractivity contribution in [1.82, 2.24) is 0 Å². The molecule has 41 heavy (non-hydrogen) atoms. The summed E-state index contributed by atoms with van der Waals surface area (Å²) in [4.78, 5) is 0.124. The lowest BCUT2D eigenvalue weighted by atomic mass is 9.89. The SMILES string of the molecule is C=Cc1ccc(-c2ccc(N(C3(Cl)C=CC(c4ccccc4)C=C3)C3(Cl)C=CC(c4ccccc4)C=C3)cc2)cc1. The van der Waals surface area contributed by atoms with Crippen LogP contribution in [0.15, 0.2) is 164 Å². The van der Waals surface area contributed by atoms with Crippen LogP contribution in [-0.2, 0) is 0 Å². The van der Waals surface area contributed by atoms with Crippen LogP contribution in [0.3, 0.4) is 0 Å². The van der Waals surface area contributed by atoms with Crippen molar-refractivity contribution in [2.45, 2.75) is 21.8 Å². The summed E-state index contributed by atoms with van der Waals surface area (Å²) in [7, 11) is 0. The van der Waals surface area contributed by atoms with Crippen molar-refractivity contribution in [2.75, 3.05) is 4.90 Å². The number of rotatable bonds is 7. The molecule has 0 spiro atoms. The molecule has 2 aliphatic carbocycles. The molecular weight excluding hydrogens is 541 g/mol. The molecule has 0 bridgehead atoms. The summed E-state index contributed by atoms with van der Waals surface area (Å²) >= 11 is 15.0. The van der Waals surface area contributed by atoms with Crippen LogP contribution < -0.4 is 4.90 Å². The quantitative estimate of drug-likeness (QED) is 0.121. The average molecular weight is 573 g/mol. The van der Waals surface area contributed by atoms with Gasteiger partial charge >= 0.3 is 0 Å². The van der Waals surface area contributed by atoms with Crippen LogP contribution in [0, 0.1) is 0 Å². The van der Waals surface area contributed by atoms with Crippen molar-refractivity contribution < 1.29 is 0 Å². The summed E-state index contributed by atoms with van der Waals surface area (Å²) in [6, 6.07) is 37.7. The van der Waals surface area contributed by atoms with E-state index in [0.29, 0.717) is 0 Å². The smallest absolute Gasteiger partial charge is 0.154 e. The second kappa shape index (κ2) is 11.4. The molecular formula is C38H31Cl2N. The van der Waals surface area contributed by atoms with Gasteiger partial charge in [-0.1, -0.05) is 157 Å². The number of alkyl halides is 2. The first-order valence-corrected chi connectivity index (χ1v) is 14.6. The van der Waals surface area contributed by atoms with Gasteiger partial charge in [0.05, 0.1) is 0 Å². The highest BCUT2D eigenvalue weighted by molar-refractivity contribution is 6.33. The molecule has 0 radical (unpaired) electrons. The fourth-order valence-electron chi connectivity index (χ4n) is 5.56. The number of allylic oxidation sites excluding steroid dienone is 4. The summed E-state index contributed by atoms with van der Waals surface area (Å²) in [6.07, 6.45) is 18.7. The van der Waals surface area contributed by atoms with Gasteiger partial charge in [-0.25, -0.2) is 0 Å². The maximum atomic E-state index is 7.49. The molecule has 0 heterocycles. The fraction of sp³-hybridized carbons (Fsp3) is 0.105. The number of nitrogens with zero attached hydrogens (tertiary/aromatic N) is 1. The maximum absolute atomic E-state index is 7.49. The molecule has 0 amide bonds. The molecule has 0 fully saturated rings. The molecule has 0 saturated carbocycles. The van der Waals surface area contributed by atoms with Crippen LogP contribution >= 0.6 is 23.2 Å². The maximum Gasteiger partial charge on any atom is 0.154 e. The van der Waals surface area contributed by atoms with Gasteiger partial charge < -0.3 is 4.90 Å². The van der Waals surface area contributed by atoms with E-state index in [1.54, 1.807) is 0 Å². The second-order valence-electron chi connectivity index (χ2n) is 10.5. The van der Waals surface area contributed by atoms with Crippen LogP contribution in [-0.4, -0.2) is 10.00 Å². The van der Waals surface area contributed by atoms with Crippen LogP contribution in [0.1, 0.15) is 28.5 Å². The highest BCUT2D eigenvalue weighted by atomic mass is 35.5. The van der Waals surface area contributed by atoms with Crippen molar-refractivity contribution in [2.24, 2.45) is 0 Å². The zero-order chi connectivity index (χ0) is 28.3. The topological polar surface area (TPSA) is 3.24 Å². The number of anilines is 1. The Bertz CT molecular complexity index is 1510. The molecule has 1 nitrogen and oxygen atoms in total. The van der Waals surface area contributed by atoms with E-state index in [0.717, 1.165) is 22.4 Å². The zero-order valence-corrected chi connectivity index (χ0v) is 24.2. The Morgan fingerprint density at radius 1 is 0.537 bits per heavy atom. The molecule has 4 aromatic carbocycles. The fourth-order valence-corrected chi connectivity index (χ4v) is 6.37. The molecule has 3 heteroatoms. The Morgan fingerprint density at radius 2 is 0.927 bits per heavy atom. The summed E-state index contributed by atoms with van der Waals surface area (Å²) in [5.74, 6) is 0.300. The Morgan fingerprint density at radius 3 is 1.32 bits per heavy atom. The van der Waals surface area contributed by atoms with Gasteiger partial charge in [-0.2, -0.15) is 0 Å². The van der Waals surface area contributed by atoms with Gasteiger partial charge in [0, 0.05) is 17.5 Å². The summed E-state index contributed by atoms with van der Waals surface area (Å²) in [5, 5.41) is 0. The van der Waals surface area contributed by atoms with Gasteiger partial charge in [0.25, 0.3) is 0 Å². The van der Waals surface area contributed by atoms with Crippen molar-refractivity contribution in [3.63, 3.8) is 0 Å². The standard InChI is InChI=1S/C38H31Cl2N/c1-2-29-13-15-32(16-14-29)33-17-19-36(20-18-33)41(37(39)25-21-34(22-26-37)30-9-5-3-6-10-30)38(40)27-23-35(24-28-38)31-11-7-4-8-12-31/h2-28,34-35H,1H2. The molecule has 0 saturated heterocycles. The van der Waals surface area contributed by atoms with E-state index < -0.39 is 10.00 Å². The van der Waals surface area contributed by atoms with Crippen molar-refractivity contribution in [3.8, 4) is 11.1 Å². The lowest BCUT2D eigenvalue weighted by Crippen LogP contribution is -2.53. The number of halogens is 2. The van der Waals surface area contributed by atoms with E-state index in [1.165, 1.54) is 11.1 Å². The third-order valence-corrected chi connectivity index (χ3v) is 8.65. The van der Waals surface area contributed by atoms with E-state index in [9.17, 15) is 0 Å². The van der Waals surface area contributed by atoms with Crippen molar-refractivity contribution in [1.29, 1.82) is 0 Å². The van der Waals surface area contributed by atoms with Gasteiger partial charge in [-0.05, 0) is 64.3 Å². The molecule has 2 aliphatic rings. The first kappa shape index (κ1) is 27.1. The van der Waals surface area contributed by atoms with E-state index in [-0.39, 0.29) is 11.8 Å². The number of hydrogen-bond acceptors (Lipinski definition) is 1. The highest BCUT2D eigenvalue weighted by Gasteiger charge is 2.44. The summed E-state index contributed by atoms with van der Waals surface area (Å²) in [6.45, 7) is 3.86. The Labute approximate surface area is 253 Å². The van der Waals surface area contributed by atoms with Gasteiger partial charge in [-0.15, -0.1) is 0 Å². The minimum atomic E-state index is -0.978. The zero-order valence-electron chi connectivity index (χ0n) is 22.7. The van der Waals surface area contributed by atoms with Crippen molar-refractivity contribution in [3.05, 3.63) is 181 Å². The molecule has 0 aromatic heterocycles.